The molecule has 2 aromatic carbocycles. The normalized spacial score (nSPS) is 21.8. The number of nitrogens with zero attached hydrogens (tertiary/aromatic N) is 3. The predicted molar refractivity (Wildman–Crippen MR) is 148 cm³/mol. The van der Waals surface area contributed by atoms with Gasteiger partial charge in [-0.05, 0) is 66.8 Å². The van der Waals surface area contributed by atoms with E-state index in [0.717, 1.165) is 50.0 Å². The third kappa shape index (κ3) is 4.98. The summed E-state index contributed by atoms with van der Waals surface area (Å²) in [6.07, 6.45) is 8.60. The summed E-state index contributed by atoms with van der Waals surface area (Å²) in [6, 6.07) is 14.7. The monoisotopic (exact) mass is 507 g/mol. The third-order valence-electron chi connectivity index (χ3n) is 7.03. The predicted octanol–water partition coefficient (Wildman–Crippen LogP) is 7.52. The van der Waals surface area contributed by atoms with E-state index in [-0.39, 0.29) is 5.91 Å². The average Bonchev–Trinajstić information content (AvgIpc) is 3.38. The van der Waals surface area contributed by atoms with Gasteiger partial charge in [-0.15, -0.1) is 0 Å². The van der Waals surface area contributed by atoms with Gasteiger partial charge in [-0.2, -0.15) is 0 Å². The molecule has 0 aromatic heterocycles. The molecule has 0 unspecified atom stereocenters. The van der Waals surface area contributed by atoms with Crippen molar-refractivity contribution in [3.63, 3.8) is 0 Å². The number of rotatable bonds is 6. The highest BCUT2D eigenvalue weighted by Crippen LogP contribution is 2.51. The second-order valence-corrected chi connectivity index (χ2v) is 11.4. The van der Waals surface area contributed by atoms with E-state index in [9.17, 15) is 4.79 Å². The number of amides is 1. The molecule has 0 N–H and O–H groups in total. The first-order valence-electron chi connectivity index (χ1n) is 12.6. The SMILES string of the molecule is CCCCN1C(=O)C(=C2Sc3ccc(OC)cc3N2C)SC1=Nc1ccc(C2CCCCC2)cc1. The fourth-order valence-corrected chi connectivity index (χ4v) is 7.30. The van der Waals surface area contributed by atoms with E-state index >= 15 is 0 Å². The molecule has 0 spiro atoms. The lowest BCUT2D eigenvalue weighted by Crippen LogP contribution is -2.30. The van der Waals surface area contributed by atoms with Crippen LogP contribution in [0.2, 0.25) is 0 Å². The molecule has 0 atom stereocenters. The molecule has 0 radical (unpaired) electrons. The summed E-state index contributed by atoms with van der Waals surface area (Å²) in [5.41, 5.74) is 3.40. The van der Waals surface area contributed by atoms with E-state index in [4.69, 9.17) is 9.73 Å². The van der Waals surface area contributed by atoms with Gasteiger partial charge in [0.15, 0.2) is 5.17 Å². The van der Waals surface area contributed by atoms with Crippen LogP contribution in [0.3, 0.4) is 0 Å². The van der Waals surface area contributed by atoms with Gasteiger partial charge >= 0.3 is 0 Å². The summed E-state index contributed by atoms with van der Waals surface area (Å²) in [5, 5.41) is 1.74. The van der Waals surface area contributed by atoms with Crippen LogP contribution in [0, 0.1) is 0 Å². The second-order valence-electron chi connectivity index (χ2n) is 9.36. The van der Waals surface area contributed by atoms with E-state index in [1.54, 1.807) is 18.9 Å². The van der Waals surface area contributed by atoms with Crippen molar-refractivity contribution >= 4 is 46.0 Å². The van der Waals surface area contributed by atoms with Gasteiger partial charge in [0.25, 0.3) is 5.91 Å². The Morgan fingerprint density at radius 2 is 1.83 bits per heavy atom. The zero-order valence-electron chi connectivity index (χ0n) is 20.8. The molecule has 2 heterocycles. The summed E-state index contributed by atoms with van der Waals surface area (Å²) < 4.78 is 5.41. The number of carbonyl (C=O) groups excluding carboxylic acids is 1. The lowest BCUT2D eigenvalue weighted by Gasteiger charge is -2.22. The fraction of sp³-hybridized carbons (Fsp3) is 0.429. The van der Waals surface area contributed by atoms with Gasteiger partial charge in [-0.3, -0.25) is 9.69 Å². The van der Waals surface area contributed by atoms with E-state index in [1.807, 2.05) is 24.1 Å². The van der Waals surface area contributed by atoms with E-state index < -0.39 is 0 Å². The fourth-order valence-electron chi connectivity index (χ4n) is 4.95. The van der Waals surface area contributed by atoms with Crippen molar-refractivity contribution in [1.29, 1.82) is 0 Å². The number of unbranched alkanes of at least 4 members (excludes halogenated alkanes) is 1. The van der Waals surface area contributed by atoms with Crippen molar-refractivity contribution in [3.05, 3.63) is 58.0 Å². The quantitative estimate of drug-likeness (QED) is 0.378. The average molecular weight is 508 g/mol. The molecule has 1 saturated heterocycles. The van der Waals surface area contributed by atoms with Crippen LogP contribution in [0.15, 0.2) is 62.3 Å². The molecule has 2 fully saturated rings. The maximum Gasteiger partial charge on any atom is 0.269 e. The number of thioether (sulfide) groups is 2. The molecule has 0 bridgehead atoms. The Labute approximate surface area is 217 Å². The van der Waals surface area contributed by atoms with Gasteiger partial charge in [0.05, 0.1) is 23.5 Å². The number of hydrogen-bond acceptors (Lipinski definition) is 6. The van der Waals surface area contributed by atoms with Gasteiger partial charge in [0, 0.05) is 24.6 Å². The Hall–Kier alpha value is -2.38. The van der Waals surface area contributed by atoms with Crippen LogP contribution in [-0.2, 0) is 4.79 Å². The van der Waals surface area contributed by atoms with Crippen molar-refractivity contribution in [3.8, 4) is 5.75 Å². The maximum atomic E-state index is 13.6. The number of aliphatic imine (C=N–C) groups is 1. The number of ether oxygens (including phenoxy) is 1. The van der Waals surface area contributed by atoms with E-state index in [0.29, 0.717) is 12.5 Å². The van der Waals surface area contributed by atoms with Crippen molar-refractivity contribution in [1.82, 2.24) is 4.90 Å². The summed E-state index contributed by atoms with van der Waals surface area (Å²) >= 11 is 3.14. The Kier molecular flexibility index (Phi) is 7.44. The number of methoxy groups -OCH3 is 1. The highest BCUT2D eigenvalue weighted by Gasteiger charge is 2.39. The van der Waals surface area contributed by atoms with Crippen molar-refractivity contribution in [2.24, 2.45) is 4.99 Å². The summed E-state index contributed by atoms with van der Waals surface area (Å²) in [6.45, 7) is 2.84. The zero-order chi connectivity index (χ0) is 24.4. The van der Waals surface area contributed by atoms with E-state index in [1.165, 1.54) is 49.4 Å². The minimum Gasteiger partial charge on any atom is -0.497 e. The van der Waals surface area contributed by atoms with Crippen LogP contribution in [0.4, 0.5) is 11.4 Å². The molecule has 5 nitrogen and oxygen atoms in total. The molecule has 5 rings (SSSR count). The molecular formula is C28H33N3O2S2. The minimum atomic E-state index is 0.0511. The maximum absolute atomic E-state index is 13.6. The smallest absolute Gasteiger partial charge is 0.269 e. The highest BCUT2D eigenvalue weighted by atomic mass is 32.2. The van der Waals surface area contributed by atoms with Crippen LogP contribution >= 0.6 is 23.5 Å². The van der Waals surface area contributed by atoms with Crippen molar-refractivity contribution in [2.75, 3.05) is 25.6 Å². The molecule has 184 valence electrons. The van der Waals surface area contributed by atoms with Crippen LogP contribution in [0.5, 0.6) is 5.75 Å². The number of hydrogen-bond donors (Lipinski definition) is 0. The first-order chi connectivity index (χ1) is 17.1. The summed E-state index contributed by atoms with van der Waals surface area (Å²) in [4.78, 5) is 24.4. The van der Waals surface area contributed by atoms with Gasteiger partial charge < -0.3 is 9.64 Å². The largest absolute Gasteiger partial charge is 0.497 e. The standard InChI is InChI=1S/C28H33N3O2S2/c1-4-5-17-31-26(32)25(27-30(2)23-18-22(33-3)15-16-24(23)34-27)35-28(31)29-21-13-11-20(12-14-21)19-9-7-6-8-10-19/h11-16,18-19H,4-10,17H2,1-3H3. The number of benzene rings is 2. The highest BCUT2D eigenvalue weighted by molar-refractivity contribution is 8.19. The Bertz CT molecular complexity index is 1150. The summed E-state index contributed by atoms with van der Waals surface area (Å²) in [7, 11) is 3.69. The van der Waals surface area contributed by atoms with Crippen molar-refractivity contribution in [2.45, 2.75) is 62.7 Å². The van der Waals surface area contributed by atoms with Crippen LogP contribution in [0.1, 0.15) is 63.4 Å². The molecule has 1 amide bonds. The number of carbonyl (C=O) groups is 1. The first-order valence-corrected chi connectivity index (χ1v) is 14.2. The van der Waals surface area contributed by atoms with Gasteiger partial charge in [0.2, 0.25) is 0 Å². The Morgan fingerprint density at radius 1 is 1.06 bits per heavy atom. The lowest BCUT2D eigenvalue weighted by atomic mass is 9.84. The second kappa shape index (κ2) is 10.7. The molecule has 1 aliphatic carbocycles. The molecule has 3 aliphatic rings. The van der Waals surface area contributed by atoms with Crippen LogP contribution in [0.25, 0.3) is 0 Å². The molecule has 1 saturated carbocycles. The molecule has 7 heteroatoms. The topological polar surface area (TPSA) is 45.1 Å². The number of amidine groups is 1. The van der Waals surface area contributed by atoms with Gasteiger partial charge in [0.1, 0.15) is 10.7 Å². The van der Waals surface area contributed by atoms with Crippen LogP contribution in [-0.4, -0.2) is 36.7 Å². The molecule has 35 heavy (non-hydrogen) atoms. The zero-order valence-corrected chi connectivity index (χ0v) is 22.4. The summed E-state index contributed by atoms with van der Waals surface area (Å²) in [5.74, 6) is 1.55. The lowest BCUT2D eigenvalue weighted by molar-refractivity contribution is -0.122. The molecule has 2 aliphatic heterocycles. The number of fused-ring (bicyclic) bond motifs is 1. The molecule has 2 aromatic rings. The molecular weight excluding hydrogens is 474 g/mol. The van der Waals surface area contributed by atoms with Crippen molar-refractivity contribution < 1.29 is 9.53 Å². The third-order valence-corrected chi connectivity index (χ3v) is 9.46. The first kappa shape index (κ1) is 24.3. The van der Waals surface area contributed by atoms with Crippen LogP contribution < -0.4 is 9.64 Å². The van der Waals surface area contributed by atoms with Gasteiger partial charge in [-0.1, -0.05) is 56.5 Å². The minimum absolute atomic E-state index is 0.0511. The van der Waals surface area contributed by atoms with Gasteiger partial charge in [-0.25, -0.2) is 4.99 Å². The van der Waals surface area contributed by atoms with E-state index in [2.05, 4.69) is 42.2 Å². The Morgan fingerprint density at radius 3 is 2.54 bits per heavy atom. The number of anilines is 1. The Balaban J connectivity index is 1.43.